The van der Waals surface area contributed by atoms with Crippen molar-refractivity contribution in [3.63, 3.8) is 0 Å². The number of nitrogens with one attached hydrogen (secondary N) is 1. The molecule has 0 unspecified atom stereocenters. The summed E-state index contributed by atoms with van der Waals surface area (Å²) in [6.45, 7) is 1.76. The first-order valence-electron chi connectivity index (χ1n) is 8.34. The number of methoxy groups -OCH3 is 1. The molecule has 1 N–H and O–H groups in total. The van der Waals surface area contributed by atoms with E-state index in [-0.39, 0.29) is 18.1 Å². The molecule has 0 aliphatic heterocycles. The molecule has 0 fully saturated rings. The predicted octanol–water partition coefficient (Wildman–Crippen LogP) is 4.97. The van der Waals surface area contributed by atoms with E-state index in [1.165, 1.54) is 12.1 Å². The summed E-state index contributed by atoms with van der Waals surface area (Å²) in [5.41, 5.74) is 2.26. The predicted molar refractivity (Wildman–Crippen MR) is 98.8 cm³/mol. The molecule has 0 bridgehead atoms. The third-order valence-corrected chi connectivity index (χ3v) is 4.10. The van der Waals surface area contributed by atoms with Crippen LogP contribution in [0.15, 0.2) is 59.0 Å². The fourth-order valence-electron chi connectivity index (χ4n) is 2.64. The number of ether oxygens (including phenoxy) is 1. The maximum absolute atomic E-state index is 13.1. The molecule has 1 amide bonds. The first kappa shape index (κ1) is 17.7. The number of aryl methyl sites for hydroxylation is 2. The molecule has 4 nitrogen and oxygen atoms in total. The quantitative estimate of drug-likeness (QED) is 0.680. The lowest BCUT2D eigenvalue weighted by Crippen LogP contribution is -2.13. The fraction of sp³-hybridized carbons (Fsp3) is 0.190. The highest BCUT2D eigenvalue weighted by Crippen LogP contribution is 2.25. The summed E-state index contributed by atoms with van der Waals surface area (Å²) in [5.74, 6) is 1.82. The highest BCUT2D eigenvalue weighted by molar-refractivity contribution is 5.91. The first-order chi connectivity index (χ1) is 12.5. The van der Waals surface area contributed by atoms with E-state index in [9.17, 15) is 9.18 Å². The number of furan rings is 1. The van der Waals surface area contributed by atoms with Crippen LogP contribution >= 0.6 is 0 Å². The SMILES string of the molecule is COc1ccc(-c2ccc(CCC(=O)Nc3ccc(F)cc3C)o2)cc1. The lowest BCUT2D eigenvalue weighted by atomic mass is 10.1. The Morgan fingerprint density at radius 3 is 2.58 bits per heavy atom. The number of hydrogen-bond donors (Lipinski definition) is 1. The van der Waals surface area contributed by atoms with Crippen LogP contribution in [-0.4, -0.2) is 13.0 Å². The van der Waals surface area contributed by atoms with Crippen LogP contribution in [0.5, 0.6) is 5.75 Å². The normalized spacial score (nSPS) is 10.6. The van der Waals surface area contributed by atoms with Gasteiger partial charge in [0.1, 0.15) is 23.1 Å². The third kappa shape index (κ3) is 4.30. The van der Waals surface area contributed by atoms with Crippen LogP contribution in [-0.2, 0) is 11.2 Å². The number of hydrogen-bond acceptors (Lipinski definition) is 3. The number of amides is 1. The van der Waals surface area contributed by atoms with Gasteiger partial charge < -0.3 is 14.5 Å². The number of anilines is 1. The van der Waals surface area contributed by atoms with Gasteiger partial charge in [-0.2, -0.15) is 0 Å². The molecule has 5 heteroatoms. The highest BCUT2D eigenvalue weighted by Gasteiger charge is 2.09. The van der Waals surface area contributed by atoms with Gasteiger partial charge in [0, 0.05) is 24.1 Å². The zero-order chi connectivity index (χ0) is 18.5. The summed E-state index contributed by atoms with van der Waals surface area (Å²) >= 11 is 0. The minimum Gasteiger partial charge on any atom is -0.497 e. The molecule has 2 aromatic carbocycles. The van der Waals surface area contributed by atoms with Gasteiger partial charge in [-0.05, 0) is 67.1 Å². The average molecular weight is 353 g/mol. The van der Waals surface area contributed by atoms with Crippen molar-refractivity contribution in [1.29, 1.82) is 0 Å². The first-order valence-corrected chi connectivity index (χ1v) is 8.34. The molecular formula is C21H20FNO3. The maximum atomic E-state index is 13.1. The van der Waals surface area contributed by atoms with Crippen LogP contribution in [0.1, 0.15) is 17.7 Å². The standard InChI is InChI=1S/C21H20FNO3/c1-14-13-16(22)5-10-19(14)23-21(24)12-9-18-8-11-20(26-18)15-3-6-17(25-2)7-4-15/h3-8,10-11,13H,9,12H2,1-2H3,(H,23,24). The van der Waals surface area contributed by atoms with Crippen LogP contribution in [0.25, 0.3) is 11.3 Å². The number of benzene rings is 2. The van der Waals surface area contributed by atoms with Gasteiger partial charge in [0.2, 0.25) is 5.91 Å². The molecular weight excluding hydrogens is 333 g/mol. The molecule has 1 heterocycles. The molecule has 0 radical (unpaired) electrons. The zero-order valence-corrected chi connectivity index (χ0v) is 14.7. The topological polar surface area (TPSA) is 51.5 Å². The highest BCUT2D eigenvalue weighted by atomic mass is 19.1. The number of carbonyl (C=O) groups excluding carboxylic acids is 1. The molecule has 0 saturated heterocycles. The Bertz CT molecular complexity index is 900. The van der Waals surface area contributed by atoms with E-state index in [4.69, 9.17) is 9.15 Å². The van der Waals surface area contributed by atoms with Crippen molar-refractivity contribution >= 4 is 11.6 Å². The Balaban J connectivity index is 1.58. The second-order valence-corrected chi connectivity index (χ2v) is 6.00. The van der Waals surface area contributed by atoms with Crippen LogP contribution in [0, 0.1) is 12.7 Å². The van der Waals surface area contributed by atoms with Crippen molar-refractivity contribution in [3.8, 4) is 17.1 Å². The summed E-state index contributed by atoms with van der Waals surface area (Å²) in [5, 5.41) is 2.80. The lowest BCUT2D eigenvalue weighted by molar-refractivity contribution is -0.116. The van der Waals surface area contributed by atoms with Crippen molar-refractivity contribution < 1.29 is 18.3 Å². The van der Waals surface area contributed by atoms with Crippen molar-refractivity contribution in [2.24, 2.45) is 0 Å². The van der Waals surface area contributed by atoms with E-state index in [1.807, 2.05) is 36.4 Å². The van der Waals surface area contributed by atoms with Crippen LogP contribution in [0.4, 0.5) is 10.1 Å². The van der Waals surface area contributed by atoms with Crippen molar-refractivity contribution in [2.75, 3.05) is 12.4 Å². The van der Waals surface area contributed by atoms with Crippen molar-refractivity contribution in [1.82, 2.24) is 0 Å². The van der Waals surface area contributed by atoms with Gasteiger partial charge in [-0.15, -0.1) is 0 Å². The van der Waals surface area contributed by atoms with Crippen molar-refractivity contribution in [2.45, 2.75) is 19.8 Å². The molecule has 26 heavy (non-hydrogen) atoms. The summed E-state index contributed by atoms with van der Waals surface area (Å²) in [6.07, 6.45) is 0.772. The van der Waals surface area contributed by atoms with E-state index in [1.54, 1.807) is 20.1 Å². The van der Waals surface area contributed by atoms with Gasteiger partial charge in [0.15, 0.2) is 0 Å². The number of halogens is 1. The largest absolute Gasteiger partial charge is 0.497 e. The Morgan fingerprint density at radius 2 is 1.88 bits per heavy atom. The Labute approximate surface area is 151 Å². The zero-order valence-electron chi connectivity index (χ0n) is 14.7. The van der Waals surface area contributed by atoms with Gasteiger partial charge in [-0.1, -0.05) is 0 Å². The summed E-state index contributed by atoms with van der Waals surface area (Å²) in [7, 11) is 1.62. The van der Waals surface area contributed by atoms with E-state index >= 15 is 0 Å². The molecule has 3 aromatic rings. The van der Waals surface area contributed by atoms with Crippen molar-refractivity contribution in [3.05, 3.63) is 71.7 Å². The Hall–Kier alpha value is -3.08. The maximum Gasteiger partial charge on any atom is 0.224 e. The lowest BCUT2D eigenvalue weighted by Gasteiger charge is -2.07. The van der Waals surface area contributed by atoms with Gasteiger partial charge in [-0.25, -0.2) is 4.39 Å². The number of rotatable bonds is 6. The molecule has 0 atom stereocenters. The molecule has 3 rings (SSSR count). The van der Waals surface area contributed by atoms with Crippen LogP contribution in [0.2, 0.25) is 0 Å². The second-order valence-electron chi connectivity index (χ2n) is 6.00. The summed E-state index contributed by atoms with van der Waals surface area (Å²) < 4.78 is 24.1. The fourth-order valence-corrected chi connectivity index (χ4v) is 2.64. The molecule has 134 valence electrons. The smallest absolute Gasteiger partial charge is 0.224 e. The van der Waals surface area contributed by atoms with E-state index in [0.717, 1.165) is 22.8 Å². The molecule has 0 aliphatic carbocycles. The van der Waals surface area contributed by atoms with Gasteiger partial charge in [-0.3, -0.25) is 4.79 Å². The van der Waals surface area contributed by atoms with E-state index in [2.05, 4.69) is 5.32 Å². The Kier molecular flexibility index (Phi) is 5.37. The third-order valence-electron chi connectivity index (χ3n) is 4.10. The molecule has 0 saturated carbocycles. The van der Waals surface area contributed by atoms with Gasteiger partial charge >= 0.3 is 0 Å². The van der Waals surface area contributed by atoms with Crippen LogP contribution < -0.4 is 10.1 Å². The molecule has 0 spiro atoms. The second kappa shape index (κ2) is 7.87. The monoisotopic (exact) mass is 353 g/mol. The summed E-state index contributed by atoms with van der Waals surface area (Å²) in [4.78, 5) is 12.1. The van der Waals surface area contributed by atoms with Gasteiger partial charge in [0.25, 0.3) is 0 Å². The van der Waals surface area contributed by atoms with Gasteiger partial charge in [0.05, 0.1) is 7.11 Å². The molecule has 1 aromatic heterocycles. The van der Waals surface area contributed by atoms with Crippen LogP contribution in [0.3, 0.4) is 0 Å². The molecule has 0 aliphatic rings. The number of carbonyl (C=O) groups is 1. The average Bonchev–Trinajstić information content (AvgIpc) is 3.11. The van der Waals surface area contributed by atoms with E-state index < -0.39 is 0 Å². The summed E-state index contributed by atoms with van der Waals surface area (Å²) in [6, 6.07) is 15.6. The van der Waals surface area contributed by atoms with E-state index in [0.29, 0.717) is 17.7 Å². The minimum absolute atomic E-state index is 0.137. The minimum atomic E-state index is -0.317. The Morgan fingerprint density at radius 1 is 1.12 bits per heavy atom.